The zero-order chi connectivity index (χ0) is 27.4. The molecule has 1 saturated heterocycles. The summed E-state index contributed by atoms with van der Waals surface area (Å²) in [6.45, 7) is 7.37. The highest BCUT2D eigenvalue weighted by molar-refractivity contribution is 5.97. The van der Waals surface area contributed by atoms with Gasteiger partial charge < -0.3 is 28.6 Å². The van der Waals surface area contributed by atoms with E-state index in [9.17, 15) is 4.79 Å². The molecule has 0 N–H and O–H groups in total. The van der Waals surface area contributed by atoms with Crippen LogP contribution in [-0.4, -0.2) is 62.4 Å². The number of carbonyl (C=O) groups is 1. The van der Waals surface area contributed by atoms with Crippen molar-refractivity contribution in [2.24, 2.45) is 0 Å². The van der Waals surface area contributed by atoms with Gasteiger partial charge in [-0.05, 0) is 49.7 Å². The van der Waals surface area contributed by atoms with Crippen LogP contribution in [0, 0.1) is 6.92 Å². The van der Waals surface area contributed by atoms with E-state index < -0.39 is 0 Å². The molecular weight excluding hydrogens is 490 g/mol. The van der Waals surface area contributed by atoms with Gasteiger partial charge in [-0.15, -0.1) is 0 Å². The first-order valence-corrected chi connectivity index (χ1v) is 13.3. The van der Waals surface area contributed by atoms with Crippen molar-refractivity contribution in [2.45, 2.75) is 13.8 Å². The first-order valence-electron chi connectivity index (χ1n) is 13.3. The average Bonchev–Trinajstić information content (AvgIpc) is 3.34. The van der Waals surface area contributed by atoms with Crippen molar-refractivity contribution < 1.29 is 19.0 Å². The molecule has 0 unspecified atom stereocenters. The monoisotopic (exact) mass is 525 g/mol. The molecule has 2 heterocycles. The first kappa shape index (κ1) is 26.2. The number of ether oxygens (including phenoxy) is 3. The molecule has 7 nitrogen and oxygen atoms in total. The van der Waals surface area contributed by atoms with Gasteiger partial charge >= 0.3 is 0 Å². The van der Waals surface area contributed by atoms with E-state index in [0.717, 1.165) is 47.2 Å². The lowest BCUT2D eigenvalue weighted by molar-refractivity contribution is 0.0746. The minimum Gasteiger partial charge on any atom is -0.497 e. The number of anilines is 1. The van der Waals surface area contributed by atoms with E-state index in [0.29, 0.717) is 36.8 Å². The summed E-state index contributed by atoms with van der Waals surface area (Å²) in [5.41, 5.74) is 5.44. The zero-order valence-corrected chi connectivity index (χ0v) is 23.0. The van der Waals surface area contributed by atoms with Gasteiger partial charge in [-0.1, -0.05) is 42.5 Å². The van der Waals surface area contributed by atoms with Gasteiger partial charge in [-0.3, -0.25) is 4.79 Å². The highest BCUT2D eigenvalue weighted by Gasteiger charge is 2.28. The molecule has 0 radical (unpaired) electrons. The number of hydrogen-bond donors (Lipinski definition) is 0. The van der Waals surface area contributed by atoms with Crippen LogP contribution in [0.25, 0.3) is 16.9 Å². The van der Waals surface area contributed by atoms with E-state index in [-0.39, 0.29) is 5.91 Å². The molecule has 0 saturated carbocycles. The first-order chi connectivity index (χ1) is 19.0. The lowest BCUT2D eigenvalue weighted by atomic mass is 10.1. The third-order valence-corrected chi connectivity index (χ3v) is 7.25. The number of carbonyl (C=O) groups excluding carboxylic acids is 1. The average molecular weight is 526 g/mol. The summed E-state index contributed by atoms with van der Waals surface area (Å²) in [5, 5.41) is 0. The molecule has 7 heteroatoms. The van der Waals surface area contributed by atoms with Crippen LogP contribution in [0.2, 0.25) is 0 Å². The summed E-state index contributed by atoms with van der Waals surface area (Å²) < 4.78 is 19.1. The van der Waals surface area contributed by atoms with Crippen LogP contribution in [0.3, 0.4) is 0 Å². The summed E-state index contributed by atoms with van der Waals surface area (Å²) >= 11 is 0. The fraction of sp³-hybridized carbons (Fsp3) is 0.281. The maximum atomic E-state index is 13.9. The van der Waals surface area contributed by atoms with E-state index >= 15 is 0 Å². The number of nitrogens with zero attached hydrogens (tertiary/aromatic N) is 3. The largest absolute Gasteiger partial charge is 0.497 e. The molecule has 0 atom stereocenters. The fourth-order valence-electron chi connectivity index (χ4n) is 5.24. The molecule has 0 spiro atoms. The van der Waals surface area contributed by atoms with Crippen LogP contribution >= 0.6 is 0 Å². The summed E-state index contributed by atoms with van der Waals surface area (Å²) in [4.78, 5) is 18.2. The Bertz CT molecular complexity index is 1440. The molecular formula is C32H35N3O4. The number of para-hydroxylation sites is 2. The Balaban J connectivity index is 1.47. The maximum Gasteiger partial charge on any atom is 0.255 e. The maximum absolute atomic E-state index is 13.9. The van der Waals surface area contributed by atoms with E-state index in [4.69, 9.17) is 14.2 Å². The predicted molar refractivity (Wildman–Crippen MR) is 155 cm³/mol. The van der Waals surface area contributed by atoms with Crippen LogP contribution in [0.15, 0.2) is 78.9 Å². The summed E-state index contributed by atoms with van der Waals surface area (Å²) in [6, 6.07) is 26.0. The summed E-state index contributed by atoms with van der Waals surface area (Å²) in [5.74, 6) is 2.30. The molecule has 1 aliphatic rings. The Morgan fingerprint density at radius 2 is 1.51 bits per heavy atom. The zero-order valence-electron chi connectivity index (χ0n) is 23.0. The van der Waals surface area contributed by atoms with E-state index in [2.05, 4.69) is 27.7 Å². The smallest absolute Gasteiger partial charge is 0.255 e. The quantitative estimate of drug-likeness (QED) is 0.290. The Morgan fingerprint density at radius 3 is 2.21 bits per heavy atom. The van der Waals surface area contributed by atoms with E-state index in [1.54, 1.807) is 14.2 Å². The van der Waals surface area contributed by atoms with E-state index in [1.165, 1.54) is 0 Å². The molecule has 1 fully saturated rings. The lowest BCUT2D eigenvalue weighted by Crippen LogP contribution is -2.49. The number of amides is 1. The van der Waals surface area contributed by atoms with Gasteiger partial charge in [-0.25, -0.2) is 0 Å². The van der Waals surface area contributed by atoms with Crippen molar-refractivity contribution in [3.63, 3.8) is 0 Å². The van der Waals surface area contributed by atoms with E-state index in [1.807, 2.05) is 79.4 Å². The van der Waals surface area contributed by atoms with Gasteiger partial charge in [0.05, 0.1) is 43.5 Å². The second-order valence-electron chi connectivity index (χ2n) is 9.45. The normalized spacial score (nSPS) is 13.3. The van der Waals surface area contributed by atoms with Crippen molar-refractivity contribution in [1.82, 2.24) is 9.47 Å². The summed E-state index contributed by atoms with van der Waals surface area (Å²) in [7, 11) is 3.28. The second-order valence-corrected chi connectivity index (χ2v) is 9.45. The Hall–Kier alpha value is -4.39. The third kappa shape index (κ3) is 5.17. The molecule has 4 aromatic rings. The highest BCUT2D eigenvalue weighted by atomic mass is 16.5. The van der Waals surface area contributed by atoms with Crippen molar-refractivity contribution in [2.75, 3.05) is 51.9 Å². The Kier molecular flexibility index (Phi) is 7.77. The van der Waals surface area contributed by atoms with Crippen molar-refractivity contribution in [1.29, 1.82) is 0 Å². The summed E-state index contributed by atoms with van der Waals surface area (Å²) in [6.07, 6.45) is 0. The van der Waals surface area contributed by atoms with Crippen LogP contribution in [0.5, 0.6) is 17.2 Å². The predicted octanol–water partition coefficient (Wildman–Crippen LogP) is 5.83. The second kappa shape index (κ2) is 11.6. The Morgan fingerprint density at radius 1 is 0.795 bits per heavy atom. The fourth-order valence-corrected chi connectivity index (χ4v) is 5.24. The van der Waals surface area contributed by atoms with Gasteiger partial charge in [0.2, 0.25) is 0 Å². The molecule has 3 aromatic carbocycles. The minimum atomic E-state index is 0.0358. The highest BCUT2D eigenvalue weighted by Crippen LogP contribution is 2.36. The van der Waals surface area contributed by atoms with Crippen LogP contribution < -0.4 is 19.1 Å². The number of hydrogen-bond acceptors (Lipinski definition) is 5. The molecule has 1 amide bonds. The number of aromatic nitrogens is 1. The molecule has 0 bridgehead atoms. The van der Waals surface area contributed by atoms with Crippen molar-refractivity contribution in [3.05, 3.63) is 90.1 Å². The van der Waals surface area contributed by atoms with Crippen molar-refractivity contribution in [3.8, 4) is 34.2 Å². The van der Waals surface area contributed by atoms with Gasteiger partial charge in [0.25, 0.3) is 5.91 Å². The van der Waals surface area contributed by atoms with Crippen LogP contribution in [0.1, 0.15) is 23.0 Å². The molecule has 5 rings (SSSR count). The minimum absolute atomic E-state index is 0.0358. The number of benzene rings is 3. The van der Waals surface area contributed by atoms with Gasteiger partial charge in [0.1, 0.15) is 17.2 Å². The Labute approximate surface area is 230 Å². The third-order valence-electron chi connectivity index (χ3n) is 7.25. The standard InChI is InChI=1S/C32H35N3O4/c1-5-39-30-14-10-9-13-27(30)33-17-19-34(20-18-33)32(36)26-22-29(24-11-7-6-8-12-24)35(23(26)2)28-16-15-25(37-3)21-31(28)38-4/h6-16,21-22H,5,17-20H2,1-4H3. The molecule has 39 heavy (non-hydrogen) atoms. The van der Waals surface area contributed by atoms with Crippen LogP contribution in [-0.2, 0) is 0 Å². The number of rotatable bonds is 8. The molecule has 202 valence electrons. The topological polar surface area (TPSA) is 56.2 Å². The van der Waals surface area contributed by atoms with Gasteiger partial charge in [0.15, 0.2) is 0 Å². The lowest BCUT2D eigenvalue weighted by Gasteiger charge is -2.36. The molecule has 1 aliphatic heterocycles. The number of methoxy groups -OCH3 is 2. The van der Waals surface area contributed by atoms with Gasteiger partial charge in [-0.2, -0.15) is 0 Å². The van der Waals surface area contributed by atoms with Crippen molar-refractivity contribution >= 4 is 11.6 Å². The number of piperazine rings is 1. The van der Waals surface area contributed by atoms with Gasteiger partial charge in [0, 0.05) is 37.9 Å². The SMILES string of the molecule is CCOc1ccccc1N1CCN(C(=O)c2cc(-c3ccccc3)n(-c3ccc(OC)cc3OC)c2C)CC1. The molecule has 1 aromatic heterocycles. The molecule has 0 aliphatic carbocycles. The van der Waals surface area contributed by atoms with Crippen LogP contribution in [0.4, 0.5) is 5.69 Å².